The van der Waals surface area contributed by atoms with Crippen LogP contribution in [0.4, 0.5) is 5.95 Å². The molecule has 1 fully saturated rings. The average molecular weight is 202 g/mol. The van der Waals surface area contributed by atoms with E-state index in [4.69, 9.17) is 11.6 Å². The first-order valence-corrected chi connectivity index (χ1v) is 4.82. The highest BCUT2D eigenvalue weighted by Gasteiger charge is 2.20. The molecule has 6 heteroatoms. The third kappa shape index (κ3) is 1.75. The maximum atomic E-state index is 6.00. The number of anilines is 1. The van der Waals surface area contributed by atoms with Crippen LogP contribution in [0.25, 0.3) is 0 Å². The molecule has 0 amide bonds. The largest absolute Gasteiger partial charge is 0.340 e. The molecule has 1 aromatic rings. The van der Waals surface area contributed by atoms with Crippen LogP contribution in [0.5, 0.6) is 0 Å². The second-order valence-corrected chi connectivity index (χ2v) is 3.88. The highest BCUT2D eigenvalue weighted by Crippen LogP contribution is 2.19. The van der Waals surface area contributed by atoms with Gasteiger partial charge in [-0.25, -0.2) is 4.68 Å². The molecule has 1 aromatic heterocycles. The lowest BCUT2D eigenvalue weighted by molar-refractivity contribution is 0.563. The topological polar surface area (TPSA) is 46.8 Å². The molecule has 0 unspecified atom stereocenters. The summed E-state index contributed by atoms with van der Waals surface area (Å²) in [6.07, 6.45) is 2.02. The molecule has 0 N–H and O–H groups in total. The first kappa shape index (κ1) is 8.74. The van der Waals surface area contributed by atoms with Gasteiger partial charge in [-0.15, -0.1) is 11.6 Å². The van der Waals surface area contributed by atoms with Crippen LogP contribution in [0.3, 0.4) is 0 Å². The summed E-state index contributed by atoms with van der Waals surface area (Å²) in [4.78, 5) is 2.17. The lowest BCUT2D eigenvalue weighted by Gasteiger charge is -2.28. The number of piperidine rings is 1. The smallest absolute Gasteiger partial charge is 0.245 e. The Morgan fingerprint density at radius 2 is 2.08 bits per heavy atom. The molecule has 2 rings (SSSR count). The van der Waals surface area contributed by atoms with E-state index in [0.717, 1.165) is 31.9 Å². The van der Waals surface area contributed by atoms with Crippen LogP contribution in [0.15, 0.2) is 0 Å². The molecule has 5 nitrogen and oxygen atoms in total. The number of aryl methyl sites for hydroxylation is 1. The van der Waals surface area contributed by atoms with E-state index in [9.17, 15) is 0 Å². The maximum absolute atomic E-state index is 6.00. The molecule has 1 aliphatic rings. The zero-order valence-electron chi connectivity index (χ0n) is 7.52. The number of aromatic nitrogens is 4. The molecule has 1 saturated heterocycles. The van der Waals surface area contributed by atoms with Gasteiger partial charge in [0.15, 0.2) is 0 Å². The van der Waals surface area contributed by atoms with Gasteiger partial charge in [-0.2, -0.15) is 0 Å². The molecule has 0 radical (unpaired) electrons. The minimum atomic E-state index is 0.317. The highest BCUT2D eigenvalue weighted by atomic mass is 35.5. The molecule has 0 saturated carbocycles. The lowest BCUT2D eigenvalue weighted by atomic mass is 10.1. The van der Waals surface area contributed by atoms with Gasteiger partial charge in [0, 0.05) is 25.5 Å². The summed E-state index contributed by atoms with van der Waals surface area (Å²) in [7, 11) is 1.85. The van der Waals surface area contributed by atoms with Crippen molar-refractivity contribution in [2.45, 2.75) is 18.2 Å². The summed E-state index contributed by atoms with van der Waals surface area (Å²) in [6, 6.07) is 0. The van der Waals surface area contributed by atoms with E-state index in [1.807, 2.05) is 7.05 Å². The fourth-order valence-corrected chi connectivity index (χ4v) is 1.74. The highest BCUT2D eigenvalue weighted by molar-refractivity contribution is 6.20. The van der Waals surface area contributed by atoms with Gasteiger partial charge in [-0.05, 0) is 23.3 Å². The number of hydrogen-bond donors (Lipinski definition) is 0. The SMILES string of the molecule is Cn1nnnc1N1CCC(Cl)CC1. The summed E-state index contributed by atoms with van der Waals surface area (Å²) in [5, 5.41) is 11.7. The Morgan fingerprint density at radius 1 is 1.38 bits per heavy atom. The van der Waals surface area contributed by atoms with Crippen LogP contribution in [-0.2, 0) is 7.05 Å². The Hall–Kier alpha value is -0.840. The first-order valence-electron chi connectivity index (χ1n) is 4.39. The molecular formula is C7H12ClN5. The van der Waals surface area contributed by atoms with Gasteiger partial charge in [0.05, 0.1) is 0 Å². The number of alkyl halides is 1. The fourth-order valence-electron chi connectivity index (χ4n) is 1.54. The third-order valence-corrected chi connectivity index (χ3v) is 2.74. The monoisotopic (exact) mass is 201 g/mol. The third-order valence-electron chi connectivity index (χ3n) is 2.31. The van der Waals surface area contributed by atoms with E-state index in [0.29, 0.717) is 5.38 Å². The van der Waals surface area contributed by atoms with Crippen molar-refractivity contribution in [1.29, 1.82) is 0 Å². The average Bonchev–Trinajstić information content (AvgIpc) is 2.53. The van der Waals surface area contributed by atoms with Crippen molar-refractivity contribution in [3.05, 3.63) is 0 Å². The Bertz CT molecular complexity index is 278. The van der Waals surface area contributed by atoms with Crippen LogP contribution >= 0.6 is 11.6 Å². The van der Waals surface area contributed by atoms with E-state index >= 15 is 0 Å². The molecule has 0 aromatic carbocycles. The molecule has 0 aliphatic carbocycles. The van der Waals surface area contributed by atoms with Gasteiger partial charge in [0.1, 0.15) is 0 Å². The van der Waals surface area contributed by atoms with Crippen molar-refractivity contribution >= 4 is 17.5 Å². The maximum Gasteiger partial charge on any atom is 0.245 e. The quantitative estimate of drug-likeness (QED) is 0.618. The van der Waals surface area contributed by atoms with Crippen molar-refractivity contribution in [2.75, 3.05) is 18.0 Å². The van der Waals surface area contributed by atoms with E-state index < -0.39 is 0 Å². The Labute approximate surface area is 81.7 Å². The minimum Gasteiger partial charge on any atom is -0.340 e. The molecule has 13 heavy (non-hydrogen) atoms. The van der Waals surface area contributed by atoms with Crippen LogP contribution < -0.4 is 4.90 Å². The fraction of sp³-hybridized carbons (Fsp3) is 0.857. The molecule has 0 spiro atoms. The van der Waals surface area contributed by atoms with Crippen LogP contribution in [0.2, 0.25) is 0 Å². The van der Waals surface area contributed by atoms with Gasteiger partial charge >= 0.3 is 0 Å². The van der Waals surface area contributed by atoms with Gasteiger partial charge in [-0.3, -0.25) is 0 Å². The summed E-state index contributed by atoms with van der Waals surface area (Å²) < 4.78 is 1.69. The number of rotatable bonds is 1. The van der Waals surface area contributed by atoms with Gasteiger partial charge in [-0.1, -0.05) is 5.10 Å². The van der Waals surface area contributed by atoms with Crippen LogP contribution in [0, 0.1) is 0 Å². The van der Waals surface area contributed by atoms with Crippen molar-refractivity contribution < 1.29 is 0 Å². The zero-order valence-corrected chi connectivity index (χ0v) is 8.28. The number of hydrogen-bond acceptors (Lipinski definition) is 4. The summed E-state index contributed by atoms with van der Waals surface area (Å²) >= 11 is 6.00. The Morgan fingerprint density at radius 3 is 2.62 bits per heavy atom. The summed E-state index contributed by atoms with van der Waals surface area (Å²) in [5.41, 5.74) is 0. The van der Waals surface area contributed by atoms with E-state index in [2.05, 4.69) is 20.4 Å². The molecule has 0 atom stereocenters. The van der Waals surface area contributed by atoms with Gasteiger partial charge < -0.3 is 4.90 Å². The Balaban J connectivity index is 2.06. The van der Waals surface area contributed by atoms with Crippen molar-refractivity contribution in [2.24, 2.45) is 7.05 Å². The second-order valence-electron chi connectivity index (χ2n) is 3.26. The molecular weight excluding hydrogens is 190 g/mol. The van der Waals surface area contributed by atoms with Gasteiger partial charge in [0.25, 0.3) is 0 Å². The van der Waals surface area contributed by atoms with Crippen LogP contribution in [0.1, 0.15) is 12.8 Å². The molecule has 1 aliphatic heterocycles. The van der Waals surface area contributed by atoms with E-state index in [1.54, 1.807) is 4.68 Å². The Kier molecular flexibility index (Phi) is 2.35. The predicted molar refractivity (Wildman–Crippen MR) is 49.9 cm³/mol. The lowest BCUT2D eigenvalue weighted by Crippen LogP contribution is -2.35. The van der Waals surface area contributed by atoms with Gasteiger partial charge in [0.2, 0.25) is 5.95 Å². The van der Waals surface area contributed by atoms with Crippen molar-refractivity contribution in [3.8, 4) is 0 Å². The van der Waals surface area contributed by atoms with E-state index in [1.165, 1.54) is 0 Å². The summed E-state index contributed by atoms with van der Waals surface area (Å²) in [6.45, 7) is 1.89. The van der Waals surface area contributed by atoms with Crippen molar-refractivity contribution in [3.63, 3.8) is 0 Å². The second kappa shape index (κ2) is 3.49. The summed E-state index contributed by atoms with van der Waals surface area (Å²) in [5.74, 6) is 0.837. The normalized spacial score (nSPS) is 19.4. The zero-order chi connectivity index (χ0) is 9.26. The standard InChI is InChI=1S/C7H12ClN5/c1-12-7(9-10-11-12)13-4-2-6(8)3-5-13/h6H,2-5H2,1H3. The van der Waals surface area contributed by atoms with Crippen molar-refractivity contribution in [1.82, 2.24) is 20.2 Å². The molecule has 2 heterocycles. The molecule has 72 valence electrons. The first-order chi connectivity index (χ1) is 6.27. The minimum absolute atomic E-state index is 0.317. The number of tetrazole rings is 1. The predicted octanol–water partition coefficient (Wildman–Crippen LogP) is 0.418. The number of nitrogens with zero attached hydrogens (tertiary/aromatic N) is 5. The molecule has 0 bridgehead atoms. The van der Waals surface area contributed by atoms with Crippen LogP contribution in [-0.4, -0.2) is 38.7 Å². The van der Waals surface area contributed by atoms with E-state index in [-0.39, 0.29) is 0 Å². The number of halogens is 1.